The first-order valence-electron chi connectivity index (χ1n) is 13.1. The second kappa shape index (κ2) is 10.5. The van der Waals surface area contributed by atoms with Gasteiger partial charge in [0, 0.05) is 37.3 Å². The third-order valence-electron chi connectivity index (χ3n) is 7.59. The van der Waals surface area contributed by atoms with E-state index in [2.05, 4.69) is 17.6 Å². The van der Waals surface area contributed by atoms with Gasteiger partial charge >= 0.3 is 0 Å². The normalized spacial score (nSPS) is 18.4. The van der Waals surface area contributed by atoms with E-state index in [1.807, 2.05) is 47.2 Å². The van der Waals surface area contributed by atoms with Crippen LogP contribution in [0.2, 0.25) is 0 Å². The lowest BCUT2D eigenvalue weighted by atomic mass is 9.99. The Balaban J connectivity index is 1.45. The summed E-state index contributed by atoms with van der Waals surface area (Å²) in [7, 11) is -1.95. The van der Waals surface area contributed by atoms with E-state index in [0.717, 1.165) is 35.0 Å². The molecule has 1 saturated carbocycles. The van der Waals surface area contributed by atoms with Gasteiger partial charge in [0.15, 0.2) is 0 Å². The number of amides is 1. The van der Waals surface area contributed by atoms with E-state index in [0.29, 0.717) is 36.7 Å². The average Bonchev–Trinajstić information content (AvgIpc) is 3.66. The van der Waals surface area contributed by atoms with Crippen molar-refractivity contribution in [1.29, 1.82) is 0 Å². The van der Waals surface area contributed by atoms with Crippen LogP contribution in [-0.4, -0.2) is 62.0 Å². The number of hydrogen-bond donors (Lipinski definition) is 3. The largest absolute Gasteiger partial charge is 0.390 e. The minimum Gasteiger partial charge on any atom is -0.390 e. The highest BCUT2D eigenvalue weighted by atomic mass is 32.2. The maximum atomic E-state index is 13.6. The molecule has 2 aliphatic rings. The minimum atomic E-state index is -3.50. The van der Waals surface area contributed by atoms with Crippen LogP contribution in [0.5, 0.6) is 0 Å². The number of nitrogens with one attached hydrogen (secondary N) is 2. The molecule has 198 valence electrons. The summed E-state index contributed by atoms with van der Waals surface area (Å²) >= 11 is 0. The van der Waals surface area contributed by atoms with E-state index < -0.39 is 22.2 Å². The molecule has 1 fully saturated rings. The quantitative estimate of drug-likeness (QED) is 0.378. The van der Waals surface area contributed by atoms with Crippen LogP contribution < -0.4 is 14.9 Å². The Morgan fingerprint density at radius 1 is 1.19 bits per heavy atom. The standard InChI is InChI=1S/C28H36N4O4S/c1-3-21-18-32-11-12-37(35,36)31(2)25-15-22(14-23(21)27(25)32)28(34)30-24(13-19-7-5-4-6-8-19)26(33)17-29-16-20-9-10-20/h4-8,14-15,18,20,24,26,29,33H,3,9-13,16-17H2,1-2H3,(H,30,34)/t24-,26+/m0/s1. The second-order valence-corrected chi connectivity index (χ2v) is 12.4. The smallest absolute Gasteiger partial charge is 0.251 e. The minimum absolute atomic E-state index is 0.00580. The lowest BCUT2D eigenvalue weighted by Crippen LogP contribution is -2.49. The number of aromatic nitrogens is 1. The van der Waals surface area contributed by atoms with Gasteiger partial charge in [0.25, 0.3) is 5.91 Å². The maximum absolute atomic E-state index is 13.6. The number of anilines is 1. The summed E-state index contributed by atoms with van der Waals surface area (Å²) < 4.78 is 29.0. The van der Waals surface area contributed by atoms with Gasteiger partial charge < -0.3 is 20.3 Å². The molecule has 3 N–H and O–H groups in total. The fourth-order valence-electron chi connectivity index (χ4n) is 5.12. The van der Waals surface area contributed by atoms with Crippen LogP contribution in [0.3, 0.4) is 0 Å². The zero-order chi connectivity index (χ0) is 26.2. The summed E-state index contributed by atoms with van der Waals surface area (Å²) in [6.45, 7) is 3.70. The molecule has 1 aromatic heterocycles. The monoisotopic (exact) mass is 524 g/mol. The van der Waals surface area contributed by atoms with E-state index >= 15 is 0 Å². The van der Waals surface area contributed by atoms with E-state index in [1.54, 1.807) is 13.1 Å². The van der Waals surface area contributed by atoms with Gasteiger partial charge in [-0.25, -0.2) is 8.42 Å². The zero-order valence-corrected chi connectivity index (χ0v) is 22.3. The molecule has 1 amide bonds. The number of aliphatic hydroxyl groups is 1. The average molecular weight is 525 g/mol. The molecule has 1 aliphatic heterocycles. The molecule has 2 heterocycles. The summed E-state index contributed by atoms with van der Waals surface area (Å²) in [6, 6.07) is 12.8. The first-order chi connectivity index (χ1) is 17.8. The molecule has 2 atom stereocenters. The van der Waals surface area contributed by atoms with Gasteiger partial charge in [-0.05, 0) is 61.4 Å². The van der Waals surface area contributed by atoms with Crippen molar-refractivity contribution >= 4 is 32.5 Å². The molecule has 37 heavy (non-hydrogen) atoms. The lowest BCUT2D eigenvalue weighted by molar-refractivity contribution is 0.0830. The van der Waals surface area contributed by atoms with Gasteiger partial charge in [-0.2, -0.15) is 0 Å². The van der Waals surface area contributed by atoms with Crippen LogP contribution in [0.25, 0.3) is 10.9 Å². The van der Waals surface area contributed by atoms with E-state index in [9.17, 15) is 18.3 Å². The number of hydrogen-bond acceptors (Lipinski definition) is 5. The first kappa shape index (κ1) is 25.8. The van der Waals surface area contributed by atoms with Crippen molar-refractivity contribution in [2.75, 3.05) is 30.2 Å². The fraction of sp³-hybridized carbons (Fsp3) is 0.464. The van der Waals surface area contributed by atoms with Crippen LogP contribution in [0, 0.1) is 5.92 Å². The Hall–Kier alpha value is -2.88. The van der Waals surface area contributed by atoms with Gasteiger partial charge in [-0.1, -0.05) is 37.3 Å². The molecule has 0 unspecified atom stereocenters. The molecule has 2 aromatic carbocycles. The topological polar surface area (TPSA) is 104 Å². The molecule has 0 radical (unpaired) electrons. The van der Waals surface area contributed by atoms with Gasteiger partial charge in [0.05, 0.1) is 29.1 Å². The predicted molar refractivity (Wildman–Crippen MR) is 147 cm³/mol. The third kappa shape index (κ3) is 5.54. The third-order valence-corrected chi connectivity index (χ3v) is 9.32. The maximum Gasteiger partial charge on any atom is 0.251 e. The lowest BCUT2D eigenvalue weighted by Gasteiger charge is -2.25. The SMILES string of the molecule is CCc1cn2c3c(cc(C(=O)N[C@@H](Cc4ccccc4)[C@H](O)CNCC4CC4)cc13)N(C)S(=O)(=O)CC2. The van der Waals surface area contributed by atoms with E-state index in [1.165, 1.54) is 17.1 Å². The first-order valence-corrected chi connectivity index (χ1v) is 14.7. The van der Waals surface area contributed by atoms with Crippen molar-refractivity contribution in [3.05, 3.63) is 65.4 Å². The van der Waals surface area contributed by atoms with Crippen molar-refractivity contribution in [2.24, 2.45) is 5.92 Å². The van der Waals surface area contributed by atoms with Crippen LogP contribution in [0.15, 0.2) is 48.7 Å². The Morgan fingerprint density at radius 3 is 2.65 bits per heavy atom. The number of carbonyl (C=O) groups excluding carboxylic acids is 1. The fourth-order valence-corrected chi connectivity index (χ4v) is 6.26. The molecule has 8 nitrogen and oxygen atoms in total. The van der Waals surface area contributed by atoms with Crippen molar-refractivity contribution in [3.63, 3.8) is 0 Å². The van der Waals surface area contributed by atoms with Crippen LogP contribution in [0.1, 0.15) is 41.3 Å². The van der Waals surface area contributed by atoms with Crippen molar-refractivity contribution in [2.45, 2.75) is 51.3 Å². The van der Waals surface area contributed by atoms with Gasteiger partial charge in [0.2, 0.25) is 10.0 Å². The van der Waals surface area contributed by atoms with E-state index in [-0.39, 0.29) is 11.7 Å². The highest BCUT2D eigenvalue weighted by Gasteiger charge is 2.29. The molecule has 0 bridgehead atoms. The van der Waals surface area contributed by atoms with Gasteiger partial charge in [-0.15, -0.1) is 0 Å². The molecular weight excluding hydrogens is 488 g/mol. The summed E-state index contributed by atoms with van der Waals surface area (Å²) in [5, 5.41) is 18.3. The molecule has 5 rings (SSSR count). The number of aliphatic hydroxyl groups excluding tert-OH is 1. The molecule has 0 spiro atoms. The molecule has 1 aliphatic carbocycles. The number of sulfonamides is 1. The number of carbonyl (C=O) groups is 1. The van der Waals surface area contributed by atoms with Crippen LogP contribution in [-0.2, 0) is 29.4 Å². The Morgan fingerprint density at radius 2 is 1.95 bits per heavy atom. The Kier molecular flexibility index (Phi) is 7.29. The van der Waals surface area contributed by atoms with Gasteiger partial charge in [-0.3, -0.25) is 9.10 Å². The molecule has 0 saturated heterocycles. The van der Waals surface area contributed by atoms with Crippen molar-refractivity contribution < 1.29 is 18.3 Å². The second-order valence-electron chi connectivity index (χ2n) is 10.3. The van der Waals surface area contributed by atoms with Crippen LogP contribution >= 0.6 is 0 Å². The van der Waals surface area contributed by atoms with Gasteiger partial charge in [0.1, 0.15) is 0 Å². The summed E-state index contributed by atoms with van der Waals surface area (Å²) in [6.07, 6.45) is 4.93. The van der Waals surface area contributed by atoms with E-state index in [4.69, 9.17) is 0 Å². The predicted octanol–water partition coefficient (Wildman–Crippen LogP) is 2.68. The number of nitrogens with zero attached hydrogens (tertiary/aromatic N) is 2. The van der Waals surface area contributed by atoms with Crippen molar-refractivity contribution in [1.82, 2.24) is 15.2 Å². The summed E-state index contributed by atoms with van der Waals surface area (Å²) in [5.74, 6) is 0.368. The molecular formula is C28H36N4O4S. The Bertz CT molecular complexity index is 1380. The van der Waals surface area contributed by atoms with Crippen LogP contribution in [0.4, 0.5) is 5.69 Å². The zero-order valence-electron chi connectivity index (χ0n) is 21.5. The summed E-state index contributed by atoms with van der Waals surface area (Å²) in [4.78, 5) is 13.6. The van der Waals surface area contributed by atoms with Crippen molar-refractivity contribution in [3.8, 4) is 0 Å². The molecule has 3 aromatic rings. The molecule has 9 heteroatoms. The number of benzene rings is 2. The highest BCUT2D eigenvalue weighted by molar-refractivity contribution is 7.92. The number of rotatable bonds is 10. The highest BCUT2D eigenvalue weighted by Crippen LogP contribution is 2.35. The number of aryl methyl sites for hydroxylation is 2. The summed E-state index contributed by atoms with van der Waals surface area (Å²) in [5.41, 5.74) is 3.82. The Labute approximate surface area is 218 Å².